The Morgan fingerprint density at radius 2 is 1.91 bits per heavy atom. The molecule has 4 rings (SSSR count). The van der Waals surface area contributed by atoms with Gasteiger partial charge >= 0.3 is 0 Å². The quantitative estimate of drug-likeness (QED) is 0.430. The van der Waals surface area contributed by atoms with E-state index in [1.54, 1.807) is 16.7 Å². The number of terminal acetylenes is 1. The Labute approximate surface area is 208 Å². The molecule has 1 saturated heterocycles. The van der Waals surface area contributed by atoms with Crippen LogP contribution in [0.25, 0.3) is 10.2 Å². The Morgan fingerprint density at radius 3 is 2.59 bits per heavy atom. The lowest BCUT2D eigenvalue weighted by Gasteiger charge is -2.31. The summed E-state index contributed by atoms with van der Waals surface area (Å²) in [5.74, 6) is 1.98. The van der Waals surface area contributed by atoms with Gasteiger partial charge in [-0.15, -0.1) is 17.8 Å². The third-order valence-corrected chi connectivity index (χ3v) is 10.5. The van der Waals surface area contributed by atoms with Crippen LogP contribution in [0.3, 0.4) is 0 Å². The Bertz CT molecular complexity index is 1420. The zero-order valence-corrected chi connectivity index (χ0v) is 21.1. The van der Waals surface area contributed by atoms with Gasteiger partial charge in [0.2, 0.25) is 0 Å². The number of halogens is 3. The van der Waals surface area contributed by atoms with E-state index in [1.165, 1.54) is 27.8 Å². The SMILES string of the molecule is C#CCn1c(=NC(=O)C2CCCCN2S(=O)(=O)c2ccc(Cl)s2)sc2c(Cl)ccc(Cl)c21. The summed E-state index contributed by atoms with van der Waals surface area (Å²) in [4.78, 5) is 17.8. The lowest BCUT2D eigenvalue weighted by molar-refractivity contribution is -0.122. The fourth-order valence-electron chi connectivity index (χ4n) is 3.59. The first-order valence-electron chi connectivity index (χ1n) is 9.50. The van der Waals surface area contributed by atoms with Gasteiger partial charge in [-0.05, 0) is 37.1 Å². The van der Waals surface area contributed by atoms with Crippen molar-refractivity contribution >= 4 is 83.6 Å². The average Bonchev–Trinajstić information content (AvgIpc) is 3.36. The molecule has 1 aliphatic rings. The van der Waals surface area contributed by atoms with E-state index < -0.39 is 22.0 Å². The van der Waals surface area contributed by atoms with Gasteiger partial charge in [-0.3, -0.25) is 4.79 Å². The minimum atomic E-state index is -3.88. The number of hydrogen-bond donors (Lipinski definition) is 0. The van der Waals surface area contributed by atoms with E-state index in [0.29, 0.717) is 42.2 Å². The molecule has 0 saturated carbocycles. The van der Waals surface area contributed by atoms with E-state index in [4.69, 9.17) is 41.2 Å². The minimum Gasteiger partial charge on any atom is -0.303 e. The second-order valence-corrected chi connectivity index (χ2v) is 12.6. The van der Waals surface area contributed by atoms with Crippen molar-refractivity contribution in [2.24, 2.45) is 4.99 Å². The molecule has 2 aromatic heterocycles. The van der Waals surface area contributed by atoms with Crippen LogP contribution in [0.5, 0.6) is 0 Å². The number of amides is 1. The summed E-state index contributed by atoms with van der Waals surface area (Å²) in [7, 11) is -3.88. The van der Waals surface area contributed by atoms with Gasteiger partial charge in [0.25, 0.3) is 15.9 Å². The zero-order chi connectivity index (χ0) is 23.0. The van der Waals surface area contributed by atoms with Crippen LogP contribution in [-0.2, 0) is 21.4 Å². The Kier molecular flexibility index (Phi) is 7.03. The highest BCUT2D eigenvalue weighted by atomic mass is 35.5. The van der Waals surface area contributed by atoms with Gasteiger partial charge in [-0.25, -0.2) is 8.42 Å². The molecule has 32 heavy (non-hydrogen) atoms. The molecular formula is C20H16Cl3N3O3S3. The van der Waals surface area contributed by atoms with Crippen LogP contribution in [0.2, 0.25) is 14.4 Å². The summed E-state index contributed by atoms with van der Waals surface area (Å²) < 4.78 is 30.4. The second kappa shape index (κ2) is 9.47. The second-order valence-electron chi connectivity index (χ2n) is 7.02. The molecule has 0 radical (unpaired) electrons. The standard InChI is InChI=1S/C20H16Cl3N3O3S3/c1-2-10-25-17-12(21)6-7-13(22)18(17)31-20(25)24-19(27)14-5-3-4-11-26(14)32(28,29)16-9-8-15(23)30-16/h1,6-9,14H,3-5,10-11H2. The number of fused-ring (bicyclic) bond motifs is 1. The fraction of sp³-hybridized carbons (Fsp3) is 0.300. The molecule has 0 aliphatic carbocycles. The number of nitrogens with zero attached hydrogens (tertiary/aromatic N) is 3. The summed E-state index contributed by atoms with van der Waals surface area (Å²) >= 11 is 20.8. The van der Waals surface area contributed by atoms with E-state index in [1.807, 2.05) is 0 Å². The van der Waals surface area contributed by atoms with Crippen molar-refractivity contribution in [3.63, 3.8) is 0 Å². The summed E-state index contributed by atoms with van der Waals surface area (Å²) in [5, 5.41) is 0.895. The monoisotopic (exact) mass is 547 g/mol. The molecule has 1 unspecified atom stereocenters. The number of hydrogen-bond acceptors (Lipinski definition) is 5. The van der Waals surface area contributed by atoms with E-state index in [2.05, 4.69) is 10.9 Å². The first kappa shape index (κ1) is 23.8. The van der Waals surface area contributed by atoms with Gasteiger partial charge in [-0.1, -0.05) is 58.5 Å². The van der Waals surface area contributed by atoms with Crippen LogP contribution in [0.4, 0.5) is 0 Å². The molecule has 1 fully saturated rings. The lowest BCUT2D eigenvalue weighted by atomic mass is 10.0. The molecule has 1 aromatic carbocycles. The maximum Gasteiger partial charge on any atom is 0.266 e. The number of thiophene rings is 1. The van der Waals surface area contributed by atoms with Gasteiger partial charge in [0.05, 0.1) is 31.1 Å². The van der Waals surface area contributed by atoms with Crippen LogP contribution >= 0.6 is 57.5 Å². The van der Waals surface area contributed by atoms with Crippen LogP contribution in [0.1, 0.15) is 19.3 Å². The van der Waals surface area contributed by atoms with E-state index in [9.17, 15) is 13.2 Å². The predicted octanol–water partition coefficient (Wildman–Crippen LogP) is 5.03. The summed E-state index contributed by atoms with van der Waals surface area (Å²) in [5.41, 5.74) is 0.593. The third-order valence-electron chi connectivity index (χ3n) is 5.03. The van der Waals surface area contributed by atoms with Crippen molar-refractivity contribution in [2.75, 3.05) is 6.54 Å². The van der Waals surface area contributed by atoms with Crippen molar-refractivity contribution in [3.8, 4) is 12.3 Å². The number of rotatable bonds is 4. The number of aromatic nitrogens is 1. The first-order valence-corrected chi connectivity index (χ1v) is 13.7. The van der Waals surface area contributed by atoms with Crippen LogP contribution < -0.4 is 4.80 Å². The molecule has 3 aromatic rings. The van der Waals surface area contributed by atoms with Gasteiger partial charge in [0, 0.05) is 6.54 Å². The molecule has 0 N–H and O–H groups in total. The minimum absolute atomic E-state index is 0.102. The maximum absolute atomic E-state index is 13.2. The number of thiazole rings is 1. The summed E-state index contributed by atoms with van der Waals surface area (Å²) in [6, 6.07) is 5.38. The maximum atomic E-state index is 13.2. The average molecular weight is 549 g/mol. The Morgan fingerprint density at radius 1 is 1.16 bits per heavy atom. The number of carbonyl (C=O) groups is 1. The normalized spacial score (nSPS) is 18.2. The van der Waals surface area contributed by atoms with Crippen LogP contribution in [0, 0.1) is 12.3 Å². The predicted molar refractivity (Wildman–Crippen MR) is 130 cm³/mol. The molecule has 1 aliphatic heterocycles. The molecule has 168 valence electrons. The zero-order valence-electron chi connectivity index (χ0n) is 16.4. The molecular weight excluding hydrogens is 533 g/mol. The highest BCUT2D eigenvalue weighted by Gasteiger charge is 2.38. The van der Waals surface area contributed by atoms with Gasteiger partial charge in [0.15, 0.2) is 4.80 Å². The highest BCUT2D eigenvalue weighted by molar-refractivity contribution is 7.91. The van der Waals surface area contributed by atoms with Gasteiger partial charge in [0.1, 0.15) is 10.3 Å². The number of piperidine rings is 1. The first-order chi connectivity index (χ1) is 15.2. The Balaban J connectivity index is 1.79. The molecule has 1 atom stereocenters. The van der Waals surface area contributed by atoms with Crippen molar-refractivity contribution in [2.45, 2.75) is 36.1 Å². The van der Waals surface area contributed by atoms with Gasteiger partial charge in [-0.2, -0.15) is 9.30 Å². The fourth-order valence-corrected chi connectivity index (χ4v) is 8.51. The van der Waals surface area contributed by atoms with E-state index in [-0.39, 0.29) is 17.3 Å². The molecule has 6 nitrogen and oxygen atoms in total. The van der Waals surface area contributed by atoms with Crippen LogP contribution in [-0.4, -0.2) is 35.8 Å². The van der Waals surface area contributed by atoms with Gasteiger partial charge < -0.3 is 4.57 Å². The molecule has 12 heteroatoms. The number of carbonyl (C=O) groups excluding carboxylic acids is 1. The number of benzene rings is 1. The third kappa shape index (κ3) is 4.38. The highest BCUT2D eigenvalue weighted by Crippen LogP contribution is 2.33. The molecule has 3 heterocycles. The topological polar surface area (TPSA) is 71.7 Å². The molecule has 1 amide bonds. The summed E-state index contributed by atoms with van der Waals surface area (Å²) in [6.07, 6.45) is 7.28. The van der Waals surface area contributed by atoms with Crippen molar-refractivity contribution < 1.29 is 13.2 Å². The molecule has 0 spiro atoms. The lowest BCUT2D eigenvalue weighted by Crippen LogP contribution is -2.47. The van der Waals surface area contributed by atoms with E-state index in [0.717, 1.165) is 17.8 Å². The molecule has 0 bridgehead atoms. The van der Waals surface area contributed by atoms with Crippen molar-refractivity contribution in [1.29, 1.82) is 0 Å². The Hall–Kier alpha value is -1.38. The number of sulfonamides is 1. The largest absolute Gasteiger partial charge is 0.303 e. The smallest absolute Gasteiger partial charge is 0.266 e. The van der Waals surface area contributed by atoms with Crippen LogP contribution in [0.15, 0.2) is 33.5 Å². The van der Waals surface area contributed by atoms with Crippen molar-refractivity contribution in [3.05, 3.63) is 43.4 Å². The van der Waals surface area contributed by atoms with E-state index >= 15 is 0 Å². The van der Waals surface area contributed by atoms with Crippen molar-refractivity contribution in [1.82, 2.24) is 8.87 Å². The summed E-state index contributed by atoms with van der Waals surface area (Å²) in [6.45, 7) is 0.366.